The van der Waals surface area contributed by atoms with E-state index in [4.69, 9.17) is 12.2 Å². The van der Waals surface area contributed by atoms with Crippen LogP contribution in [0.1, 0.15) is 45.1 Å². The van der Waals surface area contributed by atoms with Crippen LogP contribution in [0.15, 0.2) is 29.3 Å². The number of anilines is 2. The van der Waals surface area contributed by atoms with Gasteiger partial charge in [-0.3, -0.25) is 9.78 Å². The first-order chi connectivity index (χ1) is 16.7. The molecule has 3 heterocycles. The van der Waals surface area contributed by atoms with Crippen LogP contribution in [0.2, 0.25) is 0 Å². The van der Waals surface area contributed by atoms with Gasteiger partial charge >= 0.3 is 0 Å². The summed E-state index contributed by atoms with van der Waals surface area (Å²) in [6.45, 7) is 5.37. The normalized spacial score (nSPS) is 13.1. The average Bonchev–Trinajstić information content (AvgIpc) is 2.83. The van der Waals surface area contributed by atoms with Gasteiger partial charge in [-0.05, 0) is 37.6 Å². The predicted octanol–water partition coefficient (Wildman–Crippen LogP) is 2.78. The van der Waals surface area contributed by atoms with E-state index in [0.717, 1.165) is 42.5 Å². The number of unbranched alkanes of at least 4 members (excludes halogenated alkanes) is 1. The van der Waals surface area contributed by atoms with Crippen molar-refractivity contribution in [3.63, 3.8) is 0 Å². The molecule has 35 heavy (non-hydrogen) atoms. The molecule has 0 aliphatic rings. The van der Waals surface area contributed by atoms with Crippen molar-refractivity contribution in [1.82, 2.24) is 24.4 Å². The number of nitrogens with two attached hydrogens (primary N) is 1. The van der Waals surface area contributed by atoms with Gasteiger partial charge in [0.05, 0.1) is 17.7 Å². The molecule has 3 aromatic rings. The van der Waals surface area contributed by atoms with Crippen molar-refractivity contribution in [3.05, 3.63) is 40.4 Å². The summed E-state index contributed by atoms with van der Waals surface area (Å²) in [7, 11) is 3.73. The second-order valence-electron chi connectivity index (χ2n) is 9.32. The molecule has 3 rings (SSSR count). The van der Waals surface area contributed by atoms with Crippen molar-refractivity contribution in [2.75, 3.05) is 31.2 Å². The zero-order valence-corrected chi connectivity index (χ0v) is 21.0. The number of aromatic nitrogens is 4. The standard InChI is InChI=1S/C26H35N7O2/c1-6-8-10-26(3,17-34)31-24-23-21(29-25(27)30-24)12-18(14-28-23)20-13-22(35)33(5)16-19(20)15-32(4)11-9-7-2/h2,12-14,16,34H,6,8-11,15,17H2,1,3-5H3,(H3,27,29,30,31)/t26-/m1/s1. The summed E-state index contributed by atoms with van der Waals surface area (Å²) in [6.07, 6.45) is 12.4. The number of fused-ring (bicyclic) bond motifs is 1. The molecule has 0 aromatic carbocycles. The van der Waals surface area contributed by atoms with Crippen LogP contribution in [0.25, 0.3) is 22.2 Å². The number of nitrogens with one attached hydrogen (secondary N) is 1. The summed E-state index contributed by atoms with van der Waals surface area (Å²) in [5.74, 6) is 3.24. The van der Waals surface area contributed by atoms with Gasteiger partial charge in [-0.2, -0.15) is 4.98 Å². The zero-order valence-electron chi connectivity index (χ0n) is 21.0. The van der Waals surface area contributed by atoms with Crippen LogP contribution < -0.4 is 16.6 Å². The number of aryl methyl sites for hydroxylation is 1. The van der Waals surface area contributed by atoms with E-state index in [-0.39, 0.29) is 18.1 Å². The number of rotatable bonds is 11. The second kappa shape index (κ2) is 11.3. The maximum absolute atomic E-state index is 12.5. The lowest BCUT2D eigenvalue weighted by Gasteiger charge is -2.29. The molecule has 3 aromatic heterocycles. The van der Waals surface area contributed by atoms with E-state index in [2.05, 4.69) is 38.0 Å². The highest BCUT2D eigenvalue weighted by Crippen LogP contribution is 2.29. The Morgan fingerprint density at radius 1 is 1.34 bits per heavy atom. The molecule has 0 saturated heterocycles. The highest BCUT2D eigenvalue weighted by Gasteiger charge is 2.25. The van der Waals surface area contributed by atoms with E-state index in [1.165, 1.54) is 0 Å². The molecular weight excluding hydrogens is 442 g/mol. The van der Waals surface area contributed by atoms with Crippen molar-refractivity contribution >= 4 is 22.8 Å². The summed E-state index contributed by atoms with van der Waals surface area (Å²) in [5.41, 5.74) is 8.97. The largest absolute Gasteiger partial charge is 0.394 e. The highest BCUT2D eigenvalue weighted by molar-refractivity contribution is 5.89. The van der Waals surface area contributed by atoms with E-state index in [1.807, 2.05) is 26.2 Å². The lowest BCUT2D eigenvalue weighted by Crippen LogP contribution is -2.39. The Bertz CT molecular complexity index is 1280. The topological polar surface area (TPSA) is 122 Å². The molecule has 0 spiro atoms. The van der Waals surface area contributed by atoms with E-state index >= 15 is 0 Å². The summed E-state index contributed by atoms with van der Waals surface area (Å²) < 4.78 is 1.57. The Hall–Kier alpha value is -3.48. The number of aliphatic hydroxyl groups is 1. The molecule has 9 nitrogen and oxygen atoms in total. The molecule has 0 aliphatic heterocycles. The first-order valence-electron chi connectivity index (χ1n) is 11.8. The third-order valence-corrected chi connectivity index (χ3v) is 6.10. The van der Waals surface area contributed by atoms with Gasteiger partial charge in [-0.25, -0.2) is 4.98 Å². The van der Waals surface area contributed by atoms with Crippen LogP contribution in [-0.2, 0) is 13.6 Å². The van der Waals surface area contributed by atoms with E-state index in [9.17, 15) is 9.90 Å². The van der Waals surface area contributed by atoms with Gasteiger partial charge in [0.1, 0.15) is 5.52 Å². The molecule has 0 unspecified atom stereocenters. The Labute approximate surface area is 206 Å². The van der Waals surface area contributed by atoms with E-state index in [1.54, 1.807) is 23.9 Å². The van der Waals surface area contributed by atoms with Gasteiger partial charge in [0.25, 0.3) is 5.56 Å². The van der Waals surface area contributed by atoms with Crippen molar-refractivity contribution < 1.29 is 5.11 Å². The number of hydrogen-bond acceptors (Lipinski definition) is 8. The molecule has 0 aliphatic carbocycles. The van der Waals surface area contributed by atoms with Gasteiger partial charge in [-0.1, -0.05) is 19.8 Å². The fourth-order valence-electron chi connectivity index (χ4n) is 4.01. The third-order valence-electron chi connectivity index (χ3n) is 6.10. The fraction of sp³-hybridized carbons (Fsp3) is 0.462. The van der Waals surface area contributed by atoms with Gasteiger partial charge in [0.2, 0.25) is 5.95 Å². The number of hydrogen-bond donors (Lipinski definition) is 3. The van der Waals surface area contributed by atoms with Gasteiger partial charge < -0.3 is 25.6 Å². The minimum atomic E-state index is -0.564. The van der Waals surface area contributed by atoms with Gasteiger partial charge in [-0.15, -0.1) is 12.3 Å². The van der Waals surface area contributed by atoms with Crippen LogP contribution in [0.3, 0.4) is 0 Å². The number of nitrogens with zero attached hydrogens (tertiary/aromatic N) is 5. The van der Waals surface area contributed by atoms with Gasteiger partial charge in [0.15, 0.2) is 5.82 Å². The fourth-order valence-corrected chi connectivity index (χ4v) is 4.01. The lowest BCUT2D eigenvalue weighted by molar-refractivity contribution is 0.212. The quantitative estimate of drug-likeness (QED) is 0.360. The molecule has 186 valence electrons. The van der Waals surface area contributed by atoms with Gasteiger partial charge in [0, 0.05) is 50.6 Å². The summed E-state index contributed by atoms with van der Waals surface area (Å²) in [5, 5.41) is 13.3. The minimum absolute atomic E-state index is 0.0552. The molecule has 0 amide bonds. The Balaban J connectivity index is 2.05. The first kappa shape index (κ1) is 26.1. The van der Waals surface area contributed by atoms with E-state index in [0.29, 0.717) is 29.8 Å². The molecule has 1 atom stereocenters. The summed E-state index contributed by atoms with van der Waals surface area (Å²) in [6, 6.07) is 3.48. The van der Waals surface area contributed by atoms with Crippen LogP contribution in [-0.4, -0.2) is 55.3 Å². The number of nitrogen functional groups attached to an aromatic ring is 1. The lowest BCUT2D eigenvalue weighted by atomic mass is 9.96. The minimum Gasteiger partial charge on any atom is -0.394 e. The van der Waals surface area contributed by atoms with Crippen molar-refractivity contribution in [2.24, 2.45) is 7.05 Å². The monoisotopic (exact) mass is 477 g/mol. The number of pyridine rings is 2. The molecule has 4 N–H and O–H groups in total. The van der Waals surface area contributed by atoms with Crippen LogP contribution in [0, 0.1) is 12.3 Å². The van der Waals surface area contributed by atoms with Crippen LogP contribution >= 0.6 is 0 Å². The predicted molar refractivity (Wildman–Crippen MR) is 141 cm³/mol. The third kappa shape index (κ3) is 6.35. The maximum atomic E-state index is 12.5. The van der Waals surface area contributed by atoms with Crippen molar-refractivity contribution in [3.8, 4) is 23.5 Å². The average molecular weight is 478 g/mol. The van der Waals surface area contributed by atoms with E-state index < -0.39 is 5.54 Å². The molecule has 0 radical (unpaired) electrons. The molecule has 0 fully saturated rings. The Kier molecular flexibility index (Phi) is 8.43. The Morgan fingerprint density at radius 2 is 2.11 bits per heavy atom. The maximum Gasteiger partial charge on any atom is 0.250 e. The van der Waals surface area contributed by atoms with Crippen molar-refractivity contribution in [1.29, 1.82) is 0 Å². The zero-order chi connectivity index (χ0) is 25.6. The molecular formula is C26H35N7O2. The smallest absolute Gasteiger partial charge is 0.250 e. The van der Waals surface area contributed by atoms with Crippen LogP contribution in [0.4, 0.5) is 11.8 Å². The number of terminal acetylenes is 1. The second-order valence-corrected chi connectivity index (χ2v) is 9.32. The molecule has 0 saturated carbocycles. The molecule has 0 bridgehead atoms. The first-order valence-corrected chi connectivity index (χ1v) is 11.8. The van der Waals surface area contributed by atoms with Crippen LogP contribution in [0.5, 0.6) is 0 Å². The Morgan fingerprint density at radius 3 is 2.80 bits per heavy atom. The highest BCUT2D eigenvalue weighted by atomic mass is 16.3. The SMILES string of the molecule is C#CCCN(C)Cc1cn(C)c(=O)cc1-c1cnc2c(N[C@@](C)(CO)CCCC)nc(N)nc2c1. The van der Waals surface area contributed by atoms with Crippen molar-refractivity contribution in [2.45, 2.75) is 51.6 Å². The summed E-state index contributed by atoms with van der Waals surface area (Å²) >= 11 is 0. The summed E-state index contributed by atoms with van der Waals surface area (Å²) in [4.78, 5) is 28.0. The number of aliphatic hydroxyl groups excluding tert-OH is 1. The molecule has 9 heteroatoms.